The normalized spacial score (nSPS) is 15.2. The molecule has 1 aliphatic rings. The zero-order valence-electron chi connectivity index (χ0n) is 14.1. The van der Waals surface area contributed by atoms with Gasteiger partial charge in [-0.1, -0.05) is 0 Å². The van der Waals surface area contributed by atoms with Gasteiger partial charge in [-0.05, 0) is 36.4 Å². The maximum absolute atomic E-state index is 12.2. The van der Waals surface area contributed by atoms with Crippen molar-refractivity contribution in [2.75, 3.05) is 24.9 Å². The third-order valence-electron chi connectivity index (χ3n) is 3.79. The summed E-state index contributed by atoms with van der Waals surface area (Å²) in [6.07, 6.45) is -0.631. The van der Waals surface area contributed by atoms with Crippen LogP contribution in [0.3, 0.4) is 0 Å². The molecule has 2 aromatic carbocycles. The number of benzene rings is 2. The van der Waals surface area contributed by atoms with Crippen LogP contribution in [0.4, 0.5) is 11.4 Å². The average molecular weight is 342 g/mol. The SMILES string of the molecule is COc1ccc2c(c1OC)C(=O)OC2Nc1ccc(NC(C)=O)cc1. The van der Waals surface area contributed by atoms with Crippen molar-refractivity contribution in [3.05, 3.63) is 47.5 Å². The second kappa shape index (κ2) is 6.72. The fourth-order valence-electron chi connectivity index (χ4n) is 2.71. The molecule has 1 heterocycles. The summed E-state index contributed by atoms with van der Waals surface area (Å²) in [5.41, 5.74) is 2.46. The molecule has 0 saturated heterocycles. The number of ether oxygens (including phenoxy) is 3. The van der Waals surface area contributed by atoms with Crippen LogP contribution in [0.15, 0.2) is 36.4 Å². The van der Waals surface area contributed by atoms with Crippen molar-refractivity contribution in [1.29, 1.82) is 0 Å². The first-order chi connectivity index (χ1) is 12.0. The predicted molar refractivity (Wildman–Crippen MR) is 92.1 cm³/mol. The van der Waals surface area contributed by atoms with E-state index in [1.54, 1.807) is 36.4 Å². The van der Waals surface area contributed by atoms with E-state index >= 15 is 0 Å². The van der Waals surface area contributed by atoms with E-state index in [9.17, 15) is 9.59 Å². The highest BCUT2D eigenvalue weighted by Crippen LogP contribution is 2.42. The fourth-order valence-corrected chi connectivity index (χ4v) is 2.71. The number of carbonyl (C=O) groups is 2. The summed E-state index contributed by atoms with van der Waals surface area (Å²) in [6, 6.07) is 10.6. The number of cyclic esters (lactones) is 1. The van der Waals surface area contributed by atoms with Crippen LogP contribution < -0.4 is 20.1 Å². The van der Waals surface area contributed by atoms with Crippen molar-refractivity contribution in [3.8, 4) is 11.5 Å². The Morgan fingerprint density at radius 2 is 1.72 bits per heavy atom. The number of amides is 1. The van der Waals surface area contributed by atoms with Crippen molar-refractivity contribution in [1.82, 2.24) is 0 Å². The summed E-state index contributed by atoms with van der Waals surface area (Å²) in [5.74, 6) is 0.215. The van der Waals surface area contributed by atoms with Gasteiger partial charge in [0.25, 0.3) is 0 Å². The highest BCUT2D eigenvalue weighted by atomic mass is 16.6. The fraction of sp³-hybridized carbons (Fsp3) is 0.222. The zero-order valence-corrected chi connectivity index (χ0v) is 14.1. The van der Waals surface area contributed by atoms with E-state index in [0.29, 0.717) is 28.3 Å². The second-order valence-corrected chi connectivity index (χ2v) is 5.45. The summed E-state index contributed by atoms with van der Waals surface area (Å²) in [4.78, 5) is 23.3. The summed E-state index contributed by atoms with van der Waals surface area (Å²) < 4.78 is 15.9. The van der Waals surface area contributed by atoms with Gasteiger partial charge in [0.15, 0.2) is 11.5 Å². The van der Waals surface area contributed by atoms with E-state index < -0.39 is 12.2 Å². The highest BCUT2D eigenvalue weighted by Gasteiger charge is 2.35. The minimum Gasteiger partial charge on any atom is -0.493 e. The molecule has 0 aliphatic carbocycles. The van der Waals surface area contributed by atoms with Crippen molar-refractivity contribution in [3.63, 3.8) is 0 Å². The molecule has 1 atom stereocenters. The largest absolute Gasteiger partial charge is 0.493 e. The van der Waals surface area contributed by atoms with E-state index in [1.165, 1.54) is 21.1 Å². The number of hydrogen-bond donors (Lipinski definition) is 2. The molecule has 0 bridgehead atoms. The number of methoxy groups -OCH3 is 2. The summed E-state index contributed by atoms with van der Waals surface area (Å²) >= 11 is 0. The molecule has 2 aromatic rings. The lowest BCUT2D eigenvalue weighted by atomic mass is 10.1. The van der Waals surface area contributed by atoms with E-state index in [-0.39, 0.29) is 5.91 Å². The van der Waals surface area contributed by atoms with Crippen molar-refractivity contribution < 1.29 is 23.8 Å². The minimum atomic E-state index is -0.631. The molecular weight excluding hydrogens is 324 g/mol. The first-order valence-electron chi connectivity index (χ1n) is 7.63. The van der Waals surface area contributed by atoms with Gasteiger partial charge in [0.2, 0.25) is 12.1 Å². The first-order valence-corrected chi connectivity index (χ1v) is 7.63. The number of anilines is 2. The van der Waals surface area contributed by atoms with Gasteiger partial charge >= 0.3 is 5.97 Å². The summed E-state index contributed by atoms with van der Waals surface area (Å²) in [6.45, 7) is 1.45. The molecule has 7 nitrogen and oxygen atoms in total. The molecule has 0 saturated carbocycles. The van der Waals surface area contributed by atoms with Gasteiger partial charge in [0, 0.05) is 23.9 Å². The summed E-state index contributed by atoms with van der Waals surface area (Å²) in [5, 5.41) is 5.84. The Kier molecular flexibility index (Phi) is 4.47. The van der Waals surface area contributed by atoms with Crippen LogP contribution in [-0.2, 0) is 9.53 Å². The lowest BCUT2D eigenvalue weighted by Gasteiger charge is -2.15. The number of fused-ring (bicyclic) bond motifs is 1. The average Bonchev–Trinajstić information content (AvgIpc) is 2.91. The standard InChI is InChI=1S/C18H18N2O5/c1-10(21)19-11-4-6-12(7-5-11)20-17-13-8-9-14(23-2)16(24-3)15(13)18(22)25-17/h4-9,17,20H,1-3H3,(H,19,21). The topological polar surface area (TPSA) is 85.9 Å². The van der Waals surface area contributed by atoms with Crippen LogP contribution in [0, 0.1) is 0 Å². The molecular formula is C18H18N2O5. The Morgan fingerprint density at radius 1 is 1.04 bits per heavy atom. The van der Waals surface area contributed by atoms with Crippen LogP contribution in [-0.4, -0.2) is 26.1 Å². The first kappa shape index (κ1) is 16.6. The molecule has 7 heteroatoms. The van der Waals surface area contributed by atoms with Crippen LogP contribution in [0.5, 0.6) is 11.5 Å². The lowest BCUT2D eigenvalue weighted by Crippen LogP contribution is -2.10. The molecule has 1 amide bonds. The van der Waals surface area contributed by atoms with E-state index in [0.717, 1.165) is 5.69 Å². The predicted octanol–water partition coefficient (Wildman–Crippen LogP) is 2.94. The van der Waals surface area contributed by atoms with Gasteiger partial charge in [0.1, 0.15) is 5.56 Å². The number of carbonyl (C=O) groups excluding carboxylic acids is 2. The smallest absolute Gasteiger partial charge is 0.344 e. The zero-order chi connectivity index (χ0) is 18.0. The van der Waals surface area contributed by atoms with Crippen LogP contribution in [0.1, 0.15) is 29.1 Å². The molecule has 2 N–H and O–H groups in total. The number of esters is 1. The van der Waals surface area contributed by atoms with Crippen LogP contribution in [0.2, 0.25) is 0 Å². The van der Waals surface area contributed by atoms with Crippen LogP contribution in [0.25, 0.3) is 0 Å². The van der Waals surface area contributed by atoms with Crippen molar-refractivity contribution in [2.45, 2.75) is 13.2 Å². The Hall–Kier alpha value is -3.22. The summed E-state index contributed by atoms with van der Waals surface area (Å²) in [7, 11) is 2.99. The van der Waals surface area contributed by atoms with Gasteiger partial charge in [-0.2, -0.15) is 0 Å². The van der Waals surface area contributed by atoms with Crippen molar-refractivity contribution >= 4 is 23.3 Å². The number of nitrogens with one attached hydrogen (secondary N) is 2. The molecule has 3 rings (SSSR count). The Balaban J connectivity index is 1.85. The lowest BCUT2D eigenvalue weighted by molar-refractivity contribution is -0.114. The Labute approximate surface area is 144 Å². The maximum Gasteiger partial charge on any atom is 0.344 e. The van der Waals surface area contributed by atoms with Gasteiger partial charge in [-0.25, -0.2) is 4.79 Å². The molecule has 0 aromatic heterocycles. The van der Waals surface area contributed by atoms with Gasteiger partial charge in [-0.15, -0.1) is 0 Å². The third kappa shape index (κ3) is 3.21. The molecule has 0 radical (unpaired) electrons. The molecule has 0 spiro atoms. The van der Waals surface area contributed by atoms with Crippen LogP contribution >= 0.6 is 0 Å². The van der Waals surface area contributed by atoms with Gasteiger partial charge in [-0.3, -0.25) is 4.79 Å². The molecule has 25 heavy (non-hydrogen) atoms. The minimum absolute atomic E-state index is 0.139. The van der Waals surface area contributed by atoms with Gasteiger partial charge < -0.3 is 24.8 Å². The number of hydrogen-bond acceptors (Lipinski definition) is 6. The second-order valence-electron chi connectivity index (χ2n) is 5.45. The highest BCUT2D eigenvalue weighted by molar-refractivity contribution is 5.98. The van der Waals surface area contributed by atoms with Gasteiger partial charge in [0.05, 0.1) is 14.2 Å². The van der Waals surface area contributed by atoms with E-state index in [4.69, 9.17) is 14.2 Å². The Bertz CT molecular complexity index is 817. The monoisotopic (exact) mass is 342 g/mol. The molecule has 1 unspecified atom stereocenters. The quantitative estimate of drug-likeness (QED) is 0.813. The Morgan fingerprint density at radius 3 is 2.32 bits per heavy atom. The molecule has 0 fully saturated rings. The van der Waals surface area contributed by atoms with E-state index in [2.05, 4.69) is 10.6 Å². The molecule has 130 valence electrons. The van der Waals surface area contributed by atoms with E-state index in [1.807, 2.05) is 0 Å². The maximum atomic E-state index is 12.2. The number of rotatable bonds is 5. The molecule has 1 aliphatic heterocycles. The third-order valence-corrected chi connectivity index (χ3v) is 3.79. The van der Waals surface area contributed by atoms with Crippen molar-refractivity contribution in [2.24, 2.45) is 0 Å².